The van der Waals surface area contributed by atoms with E-state index in [-0.39, 0.29) is 22.6 Å². The fraction of sp³-hybridized carbons (Fsp3) is 0.105. The summed E-state index contributed by atoms with van der Waals surface area (Å²) in [6, 6.07) is 9.43. The first-order chi connectivity index (χ1) is 13.7. The molecule has 0 atom stereocenters. The first-order valence-corrected chi connectivity index (χ1v) is 8.08. The highest BCUT2D eigenvalue weighted by molar-refractivity contribution is 6.03. The molecule has 0 saturated carbocycles. The number of aromatic nitrogens is 2. The number of alkyl halides is 3. The summed E-state index contributed by atoms with van der Waals surface area (Å²) in [7, 11) is 0. The number of amides is 1. The standard InChI is InChI=1S/C19H12F4N4O2/c1-24-13-3-2-4-15(8-13)27-16(9-17(26-27)19(21,22)23)18(29)25-14-6-11(10-28)5-12(20)7-14/h2-9,28H,10H2,(H,25,29). The van der Waals surface area contributed by atoms with Gasteiger partial charge in [-0.1, -0.05) is 12.1 Å². The molecular formula is C19H12F4N4O2. The second-order valence-corrected chi connectivity index (χ2v) is 5.92. The zero-order valence-corrected chi connectivity index (χ0v) is 14.5. The first kappa shape index (κ1) is 20.0. The summed E-state index contributed by atoms with van der Waals surface area (Å²) in [6.45, 7) is 6.55. The van der Waals surface area contributed by atoms with Crippen LogP contribution in [0.25, 0.3) is 10.5 Å². The lowest BCUT2D eigenvalue weighted by Gasteiger charge is -2.10. The Morgan fingerprint density at radius 2 is 1.97 bits per heavy atom. The Morgan fingerprint density at radius 1 is 1.21 bits per heavy atom. The molecule has 0 aliphatic carbocycles. The monoisotopic (exact) mass is 404 g/mol. The molecule has 148 valence electrons. The molecule has 0 unspecified atom stereocenters. The lowest BCUT2D eigenvalue weighted by Crippen LogP contribution is -2.17. The van der Waals surface area contributed by atoms with Crippen LogP contribution in [0.15, 0.2) is 48.5 Å². The number of aliphatic hydroxyl groups is 1. The fourth-order valence-corrected chi connectivity index (χ4v) is 2.58. The Balaban J connectivity index is 2.05. The van der Waals surface area contributed by atoms with E-state index in [0.29, 0.717) is 6.07 Å². The van der Waals surface area contributed by atoms with Gasteiger partial charge in [0.15, 0.2) is 11.4 Å². The number of carbonyl (C=O) groups excluding carboxylic acids is 1. The predicted molar refractivity (Wildman–Crippen MR) is 95.1 cm³/mol. The number of benzene rings is 2. The minimum Gasteiger partial charge on any atom is -0.392 e. The molecule has 1 amide bonds. The van der Waals surface area contributed by atoms with Crippen LogP contribution in [0.1, 0.15) is 21.7 Å². The van der Waals surface area contributed by atoms with E-state index < -0.39 is 35.9 Å². The number of nitrogens with one attached hydrogen (secondary N) is 1. The lowest BCUT2D eigenvalue weighted by atomic mass is 10.2. The van der Waals surface area contributed by atoms with Crippen LogP contribution in [0.4, 0.5) is 28.9 Å². The molecule has 0 spiro atoms. The smallest absolute Gasteiger partial charge is 0.392 e. The minimum atomic E-state index is -4.80. The lowest BCUT2D eigenvalue weighted by molar-refractivity contribution is -0.141. The summed E-state index contributed by atoms with van der Waals surface area (Å²) in [6.07, 6.45) is -4.80. The highest BCUT2D eigenvalue weighted by atomic mass is 19.4. The second kappa shape index (κ2) is 7.73. The Bertz CT molecular complexity index is 1120. The van der Waals surface area contributed by atoms with Gasteiger partial charge in [-0.25, -0.2) is 13.9 Å². The van der Waals surface area contributed by atoms with Crippen LogP contribution in [0, 0.1) is 12.4 Å². The Kier molecular flexibility index (Phi) is 5.34. The molecular weight excluding hydrogens is 392 g/mol. The predicted octanol–water partition coefficient (Wildman–Crippen LogP) is 4.33. The van der Waals surface area contributed by atoms with Gasteiger partial charge in [0.2, 0.25) is 0 Å². The number of aliphatic hydroxyl groups excluding tert-OH is 1. The third kappa shape index (κ3) is 4.41. The molecule has 0 saturated heterocycles. The van der Waals surface area contributed by atoms with Crippen molar-refractivity contribution in [3.63, 3.8) is 0 Å². The van der Waals surface area contributed by atoms with Crippen LogP contribution in [0.3, 0.4) is 0 Å². The normalized spacial score (nSPS) is 11.2. The molecule has 29 heavy (non-hydrogen) atoms. The fourth-order valence-electron chi connectivity index (χ4n) is 2.58. The van der Waals surface area contributed by atoms with Gasteiger partial charge in [0.25, 0.3) is 5.91 Å². The minimum absolute atomic E-state index is 0.0460. The molecule has 0 bridgehead atoms. The van der Waals surface area contributed by atoms with Crippen molar-refractivity contribution in [1.29, 1.82) is 0 Å². The van der Waals surface area contributed by atoms with E-state index in [2.05, 4.69) is 15.3 Å². The van der Waals surface area contributed by atoms with Crippen molar-refractivity contribution in [2.24, 2.45) is 0 Å². The highest BCUT2D eigenvalue weighted by Gasteiger charge is 2.36. The van der Waals surface area contributed by atoms with E-state index in [1.807, 2.05) is 0 Å². The summed E-state index contributed by atoms with van der Waals surface area (Å²) in [5, 5.41) is 14.9. The molecule has 0 fully saturated rings. The molecule has 6 nitrogen and oxygen atoms in total. The van der Waals surface area contributed by atoms with Gasteiger partial charge in [-0.3, -0.25) is 4.79 Å². The van der Waals surface area contributed by atoms with Crippen molar-refractivity contribution < 1.29 is 27.5 Å². The molecule has 0 aliphatic rings. The molecule has 0 aliphatic heterocycles. The Morgan fingerprint density at radius 3 is 2.62 bits per heavy atom. The molecule has 1 heterocycles. The van der Waals surface area contributed by atoms with E-state index >= 15 is 0 Å². The van der Waals surface area contributed by atoms with E-state index in [4.69, 9.17) is 11.7 Å². The van der Waals surface area contributed by atoms with E-state index in [1.54, 1.807) is 0 Å². The molecule has 3 rings (SSSR count). The summed E-state index contributed by atoms with van der Waals surface area (Å²) in [4.78, 5) is 15.8. The maximum absolute atomic E-state index is 13.6. The number of hydrogen-bond donors (Lipinski definition) is 2. The number of carbonyl (C=O) groups is 1. The van der Waals surface area contributed by atoms with Crippen molar-refractivity contribution in [3.8, 4) is 5.69 Å². The molecule has 10 heteroatoms. The van der Waals surface area contributed by atoms with Crippen molar-refractivity contribution in [2.45, 2.75) is 12.8 Å². The molecule has 0 radical (unpaired) electrons. The number of halogens is 4. The zero-order valence-electron chi connectivity index (χ0n) is 14.5. The average molecular weight is 404 g/mol. The van der Waals surface area contributed by atoms with Gasteiger partial charge in [-0.15, -0.1) is 0 Å². The molecule has 2 aromatic carbocycles. The van der Waals surface area contributed by atoms with Crippen LogP contribution in [0.2, 0.25) is 0 Å². The summed E-state index contributed by atoms with van der Waals surface area (Å²) in [5.74, 6) is -1.71. The topological polar surface area (TPSA) is 71.5 Å². The van der Waals surface area contributed by atoms with Crippen LogP contribution in [-0.4, -0.2) is 20.8 Å². The number of nitrogens with zero attached hydrogens (tertiary/aromatic N) is 3. The van der Waals surface area contributed by atoms with Crippen molar-refractivity contribution in [2.75, 3.05) is 5.32 Å². The molecule has 2 N–H and O–H groups in total. The number of rotatable bonds is 4. The third-order valence-corrected chi connectivity index (χ3v) is 3.83. The maximum atomic E-state index is 13.6. The highest BCUT2D eigenvalue weighted by Crippen LogP contribution is 2.30. The molecule has 3 aromatic rings. The maximum Gasteiger partial charge on any atom is 0.435 e. The van der Waals surface area contributed by atoms with Gasteiger partial charge >= 0.3 is 6.18 Å². The largest absolute Gasteiger partial charge is 0.435 e. The Labute approximate surface area is 161 Å². The van der Waals surface area contributed by atoms with E-state index in [0.717, 1.165) is 16.8 Å². The van der Waals surface area contributed by atoms with E-state index in [9.17, 15) is 22.4 Å². The van der Waals surface area contributed by atoms with E-state index in [1.165, 1.54) is 30.3 Å². The number of anilines is 1. The van der Waals surface area contributed by atoms with Crippen LogP contribution in [0.5, 0.6) is 0 Å². The molecule has 1 aromatic heterocycles. The zero-order chi connectivity index (χ0) is 21.2. The summed E-state index contributed by atoms with van der Waals surface area (Å²) < 4.78 is 53.8. The van der Waals surface area contributed by atoms with Crippen LogP contribution >= 0.6 is 0 Å². The summed E-state index contributed by atoms with van der Waals surface area (Å²) in [5.41, 5.74) is -1.41. The van der Waals surface area contributed by atoms with Gasteiger partial charge in [0.1, 0.15) is 11.5 Å². The quantitative estimate of drug-likeness (QED) is 0.502. The average Bonchev–Trinajstić information content (AvgIpc) is 3.13. The van der Waals surface area contributed by atoms with Gasteiger partial charge in [0, 0.05) is 11.8 Å². The SMILES string of the molecule is [C-]#[N+]c1cccc(-n2nc(C(F)(F)F)cc2C(=O)Nc2cc(F)cc(CO)c2)c1. The van der Waals surface area contributed by atoms with Crippen LogP contribution in [-0.2, 0) is 12.8 Å². The van der Waals surface area contributed by atoms with Gasteiger partial charge < -0.3 is 10.4 Å². The number of hydrogen-bond acceptors (Lipinski definition) is 3. The van der Waals surface area contributed by atoms with Crippen molar-refractivity contribution in [1.82, 2.24) is 9.78 Å². The second-order valence-electron chi connectivity index (χ2n) is 5.92. The van der Waals surface area contributed by atoms with Crippen molar-refractivity contribution in [3.05, 3.63) is 82.7 Å². The van der Waals surface area contributed by atoms with Gasteiger partial charge in [-0.2, -0.15) is 18.3 Å². The van der Waals surface area contributed by atoms with Crippen LogP contribution < -0.4 is 5.32 Å². The summed E-state index contributed by atoms with van der Waals surface area (Å²) >= 11 is 0. The third-order valence-electron chi connectivity index (χ3n) is 3.83. The van der Waals surface area contributed by atoms with Gasteiger partial charge in [-0.05, 0) is 35.9 Å². The first-order valence-electron chi connectivity index (χ1n) is 8.08. The van der Waals surface area contributed by atoms with Crippen molar-refractivity contribution >= 4 is 17.3 Å². The van der Waals surface area contributed by atoms with Gasteiger partial charge in [0.05, 0.1) is 18.9 Å². The Hall–Kier alpha value is -3.71.